The van der Waals surface area contributed by atoms with E-state index in [0.29, 0.717) is 17.8 Å². The molecule has 4 nitrogen and oxygen atoms in total. The number of Topliss-reactive ketones (excluding diaryl/α,β-unsaturated/α-hetero) is 2. The highest BCUT2D eigenvalue weighted by atomic mass is 16.1. The largest absolute Gasteiger partial charge is 0.355 e. The van der Waals surface area contributed by atoms with Crippen LogP contribution in [-0.2, 0) is 13.0 Å². The Kier molecular flexibility index (Phi) is 5.96. The van der Waals surface area contributed by atoms with Gasteiger partial charge in [0.1, 0.15) is 0 Å². The maximum atomic E-state index is 12.9. The lowest BCUT2D eigenvalue weighted by atomic mass is 10.0. The zero-order valence-electron chi connectivity index (χ0n) is 16.1. The van der Waals surface area contributed by atoms with Crippen LogP contribution in [0.5, 0.6) is 0 Å². The number of rotatable bonds is 7. The number of aromatic amines is 1. The zero-order valence-corrected chi connectivity index (χ0v) is 16.1. The van der Waals surface area contributed by atoms with Crippen molar-refractivity contribution in [2.75, 3.05) is 7.05 Å². The van der Waals surface area contributed by atoms with Crippen molar-refractivity contribution in [1.29, 1.82) is 0 Å². The molecule has 0 amide bonds. The van der Waals surface area contributed by atoms with Crippen LogP contribution in [0.3, 0.4) is 0 Å². The average Bonchev–Trinajstić information content (AvgIpc) is 2.88. The van der Waals surface area contributed by atoms with Gasteiger partial charge in [0.25, 0.3) is 0 Å². The fourth-order valence-corrected chi connectivity index (χ4v) is 3.24. The number of carbonyl (C=O) groups excluding carboxylic acids is 2. The molecule has 4 heteroatoms. The second kappa shape index (κ2) is 7.79. The molecule has 0 unspecified atom stereocenters. The highest BCUT2D eigenvalue weighted by Gasteiger charge is 2.25. The summed E-state index contributed by atoms with van der Waals surface area (Å²) in [6, 6.07) is 8.22. The summed E-state index contributed by atoms with van der Waals surface area (Å²) in [7, 11) is 1.95. The summed E-state index contributed by atoms with van der Waals surface area (Å²) in [5.41, 5.74) is 5.19. The fourth-order valence-electron chi connectivity index (χ4n) is 3.24. The fraction of sp³-hybridized carbons (Fsp3) is 0.429. The van der Waals surface area contributed by atoms with Crippen LogP contribution in [0.1, 0.15) is 64.0 Å². The highest BCUT2D eigenvalue weighted by Crippen LogP contribution is 2.21. The summed E-state index contributed by atoms with van der Waals surface area (Å²) in [5, 5.41) is 0. The quantitative estimate of drug-likeness (QED) is 0.772. The van der Waals surface area contributed by atoms with E-state index in [2.05, 4.69) is 36.2 Å². The van der Waals surface area contributed by atoms with Crippen molar-refractivity contribution in [2.45, 2.75) is 53.6 Å². The number of hydrogen-bond acceptors (Lipinski definition) is 3. The van der Waals surface area contributed by atoms with E-state index in [-0.39, 0.29) is 17.6 Å². The number of benzene rings is 1. The van der Waals surface area contributed by atoms with Crippen LogP contribution in [0.25, 0.3) is 0 Å². The van der Waals surface area contributed by atoms with Gasteiger partial charge in [-0.15, -0.1) is 0 Å². The van der Waals surface area contributed by atoms with Crippen LogP contribution in [0.15, 0.2) is 24.3 Å². The first-order valence-electron chi connectivity index (χ1n) is 8.78. The molecule has 0 aliphatic carbocycles. The van der Waals surface area contributed by atoms with Gasteiger partial charge in [0.05, 0.1) is 11.7 Å². The summed E-state index contributed by atoms with van der Waals surface area (Å²) < 4.78 is 0. The highest BCUT2D eigenvalue weighted by molar-refractivity contribution is 6.05. The van der Waals surface area contributed by atoms with Crippen molar-refractivity contribution >= 4 is 11.6 Å². The summed E-state index contributed by atoms with van der Waals surface area (Å²) in [6.45, 7) is 9.96. The number of H-pyrrole nitrogens is 1. The van der Waals surface area contributed by atoms with E-state index in [1.165, 1.54) is 18.1 Å². The number of carbonyl (C=O) groups is 2. The first-order valence-corrected chi connectivity index (χ1v) is 8.78. The summed E-state index contributed by atoms with van der Waals surface area (Å²) in [5.74, 6) is 0.00287. The molecule has 2 aromatic rings. The smallest absolute Gasteiger partial charge is 0.196 e. The van der Waals surface area contributed by atoms with Crippen molar-refractivity contribution in [1.82, 2.24) is 9.88 Å². The first-order chi connectivity index (χ1) is 11.8. The van der Waals surface area contributed by atoms with E-state index in [1.54, 1.807) is 0 Å². The molecule has 0 aliphatic rings. The van der Waals surface area contributed by atoms with E-state index in [4.69, 9.17) is 0 Å². The van der Waals surface area contributed by atoms with E-state index < -0.39 is 0 Å². The molecule has 0 radical (unpaired) electrons. The summed E-state index contributed by atoms with van der Waals surface area (Å²) >= 11 is 0. The molecule has 0 aliphatic heterocycles. The van der Waals surface area contributed by atoms with Crippen molar-refractivity contribution in [3.63, 3.8) is 0 Å². The van der Waals surface area contributed by atoms with Crippen molar-refractivity contribution < 1.29 is 9.59 Å². The van der Waals surface area contributed by atoms with E-state index >= 15 is 0 Å². The standard InChI is InChI=1S/C21H28N2O2/c1-7-17-8-10-18(11-9-17)12-23(6)15(4)21(25)20-13(2)19(16(5)24)14(3)22-20/h8-11,15,22H,7,12H2,1-6H3/t15-/m0/s1. The number of hydrogen-bond donors (Lipinski definition) is 1. The molecule has 2 rings (SSSR count). The van der Waals surface area contributed by atoms with Gasteiger partial charge in [0.2, 0.25) is 0 Å². The third-order valence-electron chi connectivity index (χ3n) is 4.94. The van der Waals surface area contributed by atoms with Gasteiger partial charge in [0.15, 0.2) is 11.6 Å². The first kappa shape index (κ1) is 19.1. The number of aryl methyl sites for hydroxylation is 2. The molecule has 0 spiro atoms. The summed E-state index contributed by atoms with van der Waals surface area (Å²) in [4.78, 5) is 29.8. The Balaban J connectivity index is 2.15. The molecule has 0 bridgehead atoms. The molecule has 1 heterocycles. The minimum absolute atomic E-state index is 0.0117. The van der Waals surface area contributed by atoms with Gasteiger partial charge < -0.3 is 4.98 Å². The Morgan fingerprint density at radius 3 is 2.16 bits per heavy atom. The second-order valence-corrected chi connectivity index (χ2v) is 6.81. The lowest BCUT2D eigenvalue weighted by molar-refractivity contribution is 0.0856. The lowest BCUT2D eigenvalue weighted by Crippen LogP contribution is -2.36. The van der Waals surface area contributed by atoms with Crippen molar-refractivity contribution in [3.8, 4) is 0 Å². The Bertz CT molecular complexity index is 772. The molecule has 0 saturated carbocycles. The molecule has 1 N–H and O–H groups in total. The predicted octanol–water partition coefficient (Wildman–Crippen LogP) is 4.10. The third kappa shape index (κ3) is 4.07. The number of ketones is 2. The topological polar surface area (TPSA) is 53.2 Å². The molecule has 134 valence electrons. The summed E-state index contributed by atoms with van der Waals surface area (Å²) in [6.07, 6.45) is 1.02. The van der Waals surface area contributed by atoms with E-state index in [1.807, 2.05) is 32.7 Å². The van der Waals surface area contributed by atoms with Gasteiger partial charge in [-0.05, 0) is 57.9 Å². The van der Waals surface area contributed by atoms with Crippen LogP contribution in [-0.4, -0.2) is 34.5 Å². The van der Waals surface area contributed by atoms with Crippen LogP contribution in [0.4, 0.5) is 0 Å². The molecule has 1 atom stereocenters. The maximum absolute atomic E-state index is 12.9. The van der Waals surface area contributed by atoms with Crippen LogP contribution in [0.2, 0.25) is 0 Å². The van der Waals surface area contributed by atoms with Crippen molar-refractivity contribution in [3.05, 3.63) is 57.9 Å². The monoisotopic (exact) mass is 340 g/mol. The Morgan fingerprint density at radius 2 is 1.68 bits per heavy atom. The number of nitrogens with one attached hydrogen (secondary N) is 1. The van der Waals surface area contributed by atoms with Gasteiger partial charge in [-0.25, -0.2) is 0 Å². The van der Waals surface area contributed by atoms with E-state index in [9.17, 15) is 9.59 Å². The molecule has 1 aromatic carbocycles. The Morgan fingerprint density at radius 1 is 1.12 bits per heavy atom. The minimum atomic E-state index is -0.276. The SMILES string of the molecule is CCc1ccc(CN(C)[C@@H](C)C(=O)c2[nH]c(C)c(C(C)=O)c2C)cc1. The van der Waals surface area contributed by atoms with Crippen LogP contribution < -0.4 is 0 Å². The van der Waals surface area contributed by atoms with Gasteiger partial charge in [-0.1, -0.05) is 31.2 Å². The minimum Gasteiger partial charge on any atom is -0.355 e. The van der Waals surface area contributed by atoms with Gasteiger partial charge >= 0.3 is 0 Å². The molecule has 1 aromatic heterocycles. The van der Waals surface area contributed by atoms with Gasteiger partial charge in [-0.2, -0.15) is 0 Å². The van der Waals surface area contributed by atoms with Gasteiger partial charge in [0, 0.05) is 17.8 Å². The molecular formula is C21H28N2O2. The Hall–Kier alpha value is -2.20. The molecular weight excluding hydrogens is 312 g/mol. The number of likely N-dealkylation sites (N-methyl/N-ethyl adjacent to an activating group) is 1. The second-order valence-electron chi connectivity index (χ2n) is 6.81. The number of aromatic nitrogens is 1. The normalized spacial score (nSPS) is 12.4. The van der Waals surface area contributed by atoms with Crippen LogP contribution >= 0.6 is 0 Å². The zero-order chi connectivity index (χ0) is 18.7. The van der Waals surface area contributed by atoms with Crippen LogP contribution in [0, 0.1) is 13.8 Å². The molecule has 0 fully saturated rings. The molecule has 0 saturated heterocycles. The predicted molar refractivity (Wildman–Crippen MR) is 101 cm³/mol. The average molecular weight is 340 g/mol. The third-order valence-corrected chi connectivity index (χ3v) is 4.94. The lowest BCUT2D eigenvalue weighted by Gasteiger charge is -2.23. The maximum Gasteiger partial charge on any atom is 0.196 e. The molecule has 25 heavy (non-hydrogen) atoms. The Labute approximate surface area is 150 Å². The van der Waals surface area contributed by atoms with Crippen molar-refractivity contribution in [2.24, 2.45) is 0 Å². The van der Waals surface area contributed by atoms with Gasteiger partial charge in [-0.3, -0.25) is 14.5 Å². The number of nitrogens with zero attached hydrogens (tertiary/aromatic N) is 1. The van der Waals surface area contributed by atoms with E-state index in [0.717, 1.165) is 17.7 Å².